The zero-order valence-electron chi connectivity index (χ0n) is 13.8. The molecule has 0 saturated heterocycles. The summed E-state index contributed by atoms with van der Waals surface area (Å²) < 4.78 is 5.78. The number of ether oxygens (including phenoxy) is 1. The SMILES string of the molecule is Cc1ccccc1OC[C@@H](C)NC(=O)[C@@H](C)Sc1ccccc1. The summed E-state index contributed by atoms with van der Waals surface area (Å²) in [7, 11) is 0. The van der Waals surface area contributed by atoms with E-state index < -0.39 is 0 Å². The van der Waals surface area contributed by atoms with Crippen molar-refractivity contribution in [3.8, 4) is 5.75 Å². The summed E-state index contributed by atoms with van der Waals surface area (Å²) in [5.74, 6) is 0.889. The van der Waals surface area contributed by atoms with Crippen LogP contribution in [0.25, 0.3) is 0 Å². The minimum absolute atomic E-state index is 0.0275. The van der Waals surface area contributed by atoms with E-state index in [1.54, 1.807) is 11.8 Å². The monoisotopic (exact) mass is 329 g/mol. The van der Waals surface area contributed by atoms with Gasteiger partial charge in [-0.05, 0) is 44.5 Å². The summed E-state index contributed by atoms with van der Waals surface area (Å²) in [4.78, 5) is 13.3. The molecule has 1 N–H and O–H groups in total. The largest absolute Gasteiger partial charge is 0.491 e. The first-order valence-electron chi connectivity index (χ1n) is 7.77. The lowest BCUT2D eigenvalue weighted by molar-refractivity contribution is -0.121. The van der Waals surface area contributed by atoms with Gasteiger partial charge in [0.25, 0.3) is 0 Å². The molecule has 0 aliphatic rings. The van der Waals surface area contributed by atoms with Gasteiger partial charge in [-0.3, -0.25) is 4.79 Å². The average molecular weight is 329 g/mol. The number of aryl methyl sites for hydroxylation is 1. The second-order valence-corrected chi connectivity index (χ2v) is 6.97. The van der Waals surface area contributed by atoms with Gasteiger partial charge in [0.1, 0.15) is 12.4 Å². The molecule has 0 heterocycles. The molecule has 0 saturated carbocycles. The van der Waals surface area contributed by atoms with Crippen LogP contribution in [0.2, 0.25) is 0 Å². The number of rotatable bonds is 7. The Hall–Kier alpha value is -1.94. The van der Waals surface area contributed by atoms with Crippen LogP contribution in [0.4, 0.5) is 0 Å². The van der Waals surface area contributed by atoms with Gasteiger partial charge in [-0.15, -0.1) is 11.8 Å². The Bertz CT molecular complexity index is 630. The summed E-state index contributed by atoms with van der Waals surface area (Å²) in [5.41, 5.74) is 1.10. The molecule has 2 aromatic carbocycles. The molecular weight excluding hydrogens is 306 g/mol. The Kier molecular flexibility index (Phi) is 6.53. The van der Waals surface area contributed by atoms with Crippen LogP contribution in [0, 0.1) is 6.92 Å². The smallest absolute Gasteiger partial charge is 0.233 e. The molecule has 2 aromatic rings. The summed E-state index contributed by atoms with van der Waals surface area (Å²) in [5, 5.41) is 2.86. The van der Waals surface area contributed by atoms with E-state index in [0.717, 1.165) is 16.2 Å². The van der Waals surface area contributed by atoms with Crippen LogP contribution < -0.4 is 10.1 Å². The van der Waals surface area contributed by atoms with Crippen molar-refractivity contribution in [1.29, 1.82) is 0 Å². The van der Waals surface area contributed by atoms with Crippen molar-refractivity contribution in [2.24, 2.45) is 0 Å². The first-order valence-corrected chi connectivity index (χ1v) is 8.64. The topological polar surface area (TPSA) is 38.3 Å². The van der Waals surface area contributed by atoms with Crippen molar-refractivity contribution >= 4 is 17.7 Å². The van der Waals surface area contributed by atoms with Crippen LogP contribution in [0.15, 0.2) is 59.5 Å². The first kappa shape index (κ1) is 17.4. The van der Waals surface area contributed by atoms with Gasteiger partial charge < -0.3 is 10.1 Å². The maximum atomic E-state index is 12.2. The van der Waals surface area contributed by atoms with Crippen LogP contribution in [0.1, 0.15) is 19.4 Å². The van der Waals surface area contributed by atoms with Gasteiger partial charge in [-0.2, -0.15) is 0 Å². The van der Waals surface area contributed by atoms with Crippen LogP contribution in [0.5, 0.6) is 5.75 Å². The molecule has 0 radical (unpaired) electrons. The molecule has 2 atom stereocenters. The van der Waals surface area contributed by atoms with Crippen LogP contribution in [-0.4, -0.2) is 23.8 Å². The number of nitrogens with one attached hydrogen (secondary N) is 1. The number of benzene rings is 2. The van der Waals surface area contributed by atoms with Crippen molar-refractivity contribution in [3.05, 3.63) is 60.2 Å². The number of amides is 1. The lowest BCUT2D eigenvalue weighted by Crippen LogP contribution is -2.40. The Morgan fingerprint density at radius 3 is 2.43 bits per heavy atom. The molecule has 2 rings (SSSR count). The number of para-hydroxylation sites is 1. The normalized spacial score (nSPS) is 13.2. The van der Waals surface area contributed by atoms with Crippen molar-refractivity contribution in [2.75, 3.05) is 6.61 Å². The van der Waals surface area contributed by atoms with Crippen molar-refractivity contribution < 1.29 is 9.53 Å². The number of hydrogen-bond donors (Lipinski definition) is 1. The van der Waals surface area contributed by atoms with Crippen molar-refractivity contribution in [2.45, 2.75) is 37.0 Å². The highest BCUT2D eigenvalue weighted by Gasteiger charge is 2.16. The highest BCUT2D eigenvalue weighted by atomic mass is 32.2. The van der Waals surface area contributed by atoms with E-state index >= 15 is 0 Å². The Balaban J connectivity index is 1.79. The quantitative estimate of drug-likeness (QED) is 0.779. The van der Waals surface area contributed by atoms with Crippen molar-refractivity contribution in [3.63, 3.8) is 0 Å². The van der Waals surface area contributed by atoms with E-state index in [1.807, 2.05) is 75.4 Å². The third-order valence-corrected chi connectivity index (χ3v) is 4.51. The van der Waals surface area contributed by atoms with Gasteiger partial charge >= 0.3 is 0 Å². The fourth-order valence-corrected chi connectivity index (χ4v) is 2.99. The zero-order chi connectivity index (χ0) is 16.7. The minimum atomic E-state index is -0.140. The van der Waals surface area contributed by atoms with Gasteiger partial charge in [0.15, 0.2) is 0 Å². The van der Waals surface area contributed by atoms with E-state index in [0.29, 0.717) is 6.61 Å². The first-order chi connectivity index (χ1) is 11.1. The highest BCUT2D eigenvalue weighted by molar-refractivity contribution is 8.00. The predicted molar refractivity (Wildman–Crippen MR) is 96.0 cm³/mol. The zero-order valence-corrected chi connectivity index (χ0v) is 14.6. The van der Waals surface area contributed by atoms with E-state index in [2.05, 4.69) is 5.32 Å². The maximum Gasteiger partial charge on any atom is 0.233 e. The van der Waals surface area contributed by atoms with E-state index in [-0.39, 0.29) is 17.2 Å². The van der Waals surface area contributed by atoms with Gasteiger partial charge in [0, 0.05) is 4.90 Å². The summed E-state index contributed by atoms with van der Waals surface area (Å²) in [6.07, 6.45) is 0. The fourth-order valence-electron chi connectivity index (χ4n) is 2.09. The molecule has 0 spiro atoms. The summed E-state index contributed by atoms with van der Waals surface area (Å²) in [6, 6.07) is 17.8. The van der Waals surface area contributed by atoms with Crippen molar-refractivity contribution in [1.82, 2.24) is 5.32 Å². The van der Waals surface area contributed by atoms with Crippen LogP contribution in [-0.2, 0) is 4.79 Å². The van der Waals surface area contributed by atoms with E-state index in [9.17, 15) is 4.79 Å². The average Bonchev–Trinajstić information content (AvgIpc) is 2.55. The number of carbonyl (C=O) groups is 1. The van der Waals surface area contributed by atoms with Gasteiger partial charge in [0.2, 0.25) is 5.91 Å². The molecule has 3 nitrogen and oxygen atoms in total. The Morgan fingerprint density at radius 1 is 1.09 bits per heavy atom. The van der Waals surface area contributed by atoms with Crippen LogP contribution >= 0.6 is 11.8 Å². The molecule has 1 amide bonds. The summed E-state index contributed by atoms with van der Waals surface area (Å²) >= 11 is 1.56. The molecular formula is C19H23NO2S. The molecule has 0 aliphatic heterocycles. The molecule has 0 bridgehead atoms. The van der Waals surface area contributed by atoms with Crippen LogP contribution in [0.3, 0.4) is 0 Å². The minimum Gasteiger partial charge on any atom is -0.491 e. The molecule has 0 aliphatic carbocycles. The molecule has 0 unspecified atom stereocenters. The third kappa shape index (κ3) is 5.64. The van der Waals surface area contributed by atoms with Gasteiger partial charge in [0.05, 0.1) is 11.3 Å². The molecule has 0 fully saturated rings. The standard InChI is InChI=1S/C19H23NO2S/c1-14-9-7-8-12-18(14)22-13-15(2)20-19(21)16(3)23-17-10-5-4-6-11-17/h4-12,15-16H,13H2,1-3H3,(H,20,21)/t15-,16-/m1/s1. The lowest BCUT2D eigenvalue weighted by atomic mass is 10.2. The third-order valence-electron chi connectivity index (χ3n) is 3.40. The highest BCUT2D eigenvalue weighted by Crippen LogP contribution is 2.22. The molecule has 23 heavy (non-hydrogen) atoms. The van der Waals surface area contributed by atoms with E-state index in [4.69, 9.17) is 4.74 Å². The summed E-state index contributed by atoms with van der Waals surface area (Å²) in [6.45, 7) is 6.34. The number of thioether (sulfide) groups is 1. The maximum absolute atomic E-state index is 12.2. The predicted octanol–water partition coefficient (Wildman–Crippen LogP) is 4.06. The van der Waals surface area contributed by atoms with E-state index in [1.165, 1.54) is 0 Å². The van der Waals surface area contributed by atoms with Gasteiger partial charge in [-0.25, -0.2) is 0 Å². The number of hydrogen-bond acceptors (Lipinski definition) is 3. The number of carbonyl (C=O) groups excluding carboxylic acids is 1. The molecule has 0 aromatic heterocycles. The fraction of sp³-hybridized carbons (Fsp3) is 0.316. The second-order valence-electron chi connectivity index (χ2n) is 5.56. The lowest BCUT2D eigenvalue weighted by Gasteiger charge is -2.18. The second kappa shape index (κ2) is 8.63. The Morgan fingerprint density at radius 2 is 1.74 bits per heavy atom. The molecule has 4 heteroatoms. The molecule has 122 valence electrons. The Labute approximate surface area is 142 Å². The van der Waals surface area contributed by atoms with Gasteiger partial charge in [-0.1, -0.05) is 36.4 Å².